The number of aromatic amines is 1. The lowest BCUT2D eigenvalue weighted by Gasteiger charge is -2.07. The van der Waals surface area contributed by atoms with Crippen molar-refractivity contribution in [1.29, 1.82) is 0 Å². The minimum absolute atomic E-state index is 0.0730. The largest absolute Gasteiger partial charge is 0.478 e. The molecular formula is C13H13N3O4S. The number of carboxylic acid groups (broad SMARTS) is 1. The van der Waals surface area contributed by atoms with E-state index < -0.39 is 16.0 Å². The maximum atomic E-state index is 12.1. The number of hydrogen-bond donors (Lipinski definition) is 3. The van der Waals surface area contributed by atoms with Gasteiger partial charge >= 0.3 is 5.97 Å². The van der Waals surface area contributed by atoms with Crippen molar-refractivity contribution in [3.05, 3.63) is 47.8 Å². The van der Waals surface area contributed by atoms with E-state index in [2.05, 4.69) is 14.7 Å². The number of rotatable bonds is 5. The van der Waals surface area contributed by atoms with Crippen LogP contribution in [0.5, 0.6) is 0 Å². The van der Waals surface area contributed by atoms with Gasteiger partial charge in [-0.3, -0.25) is 0 Å². The highest BCUT2D eigenvalue weighted by atomic mass is 32.2. The van der Waals surface area contributed by atoms with Gasteiger partial charge in [-0.2, -0.15) is 0 Å². The van der Waals surface area contributed by atoms with Gasteiger partial charge in [0.25, 0.3) is 10.0 Å². The monoisotopic (exact) mass is 307 g/mol. The molecule has 0 amide bonds. The minimum atomic E-state index is -3.74. The molecule has 0 aliphatic carbocycles. The van der Waals surface area contributed by atoms with Gasteiger partial charge in [0, 0.05) is 18.5 Å². The van der Waals surface area contributed by atoms with Gasteiger partial charge in [0.2, 0.25) is 5.95 Å². The third kappa shape index (κ3) is 3.69. The van der Waals surface area contributed by atoms with E-state index in [1.165, 1.54) is 30.6 Å². The van der Waals surface area contributed by atoms with Gasteiger partial charge in [0.05, 0.1) is 4.90 Å². The Bertz CT molecular complexity index is 780. The lowest BCUT2D eigenvalue weighted by Crippen LogP contribution is -2.14. The van der Waals surface area contributed by atoms with Crippen molar-refractivity contribution in [3.8, 4) is 0 Å². The van der Waals surface area contributed by atoms with Crippen molar-refractivity contribution in [3.63, 3.8) is 0 Å². The summed E-state index contributed by atoms with van der Waals surface area (Å²) in [6.07, 6.45) is 5.34. The highest BCUT2D eigenvalue weighted by molar-refractivity contribution is 7.92. The number of carbonyl (C=O) groups is 1. The predicted molar refractivity (Wildman–Crippen MR) is 77.2 cm³/mol. The number of imidazole rings is 1. The van der Waals surface area contributed by atoms with Crippen molar-refractivity contribution in [2.75, 3.05) is 4.72 Å². The standard InChI is InChI=1S/C13H13N3O4S/c1-9-8-11(4-2-10(9)3-5-12(17)18)21(19,20)16-13-14-6-7-15-13/h2-8H,1H3,(H,17,18)(H2,14,15,16). The van der Waals surface area contributed by atoms with Gasteiger partial charge in [-0.05, 0) is 36.3 Å². The zero-order valence-corrected chi connectivity index (χ0v) is 11.9. The topological polar surface area (TPSA) is 112 Å². The molecule has 3 N–H and O–H groups in total. The van der Waals surface area contributed by atoms with Crippen LogP contribution in [-0.2, 0) is 14.8 Å². The molecule has 0 bridgehead atoms. The number of benzene rings is 1. The smallest absolute Gasteiger partial charge is 0.328 e. The van der Waals surface area contributed by atoms with Crippen molar-refractivity contribution in [2.45, 2.75) is 11.8 Å². The molecule has 8 heteroatoms. The van der Waals surface area contributed by atoms with E-state index in [4.69, 9.17) is 5.11 Å². The summed E-state index contributed by atoms with van der Waals surface area (Å²) >= 11 is 0. The summed E-state index contributed by atoms with van der Waals surface area (Å²) in [6.45, 7) is 1.70. The van der Waals surface area contributed by atoms with Crippen molar-refractivity contribution < 1.29 is 18.3 Å². The summed E-state index contributed by atoms with van der Waals surface area (Å²) < 4.78 is 26.6. The van der Waals surface area contributed by atoms with Crippen molar-refractivity contribution >= 4 is 28.0 Å². The van der Waals surface area contributed by atoms with Gasteiger partial charge in [-0.25, -0.2) is 22.9 Å². The van der Waals surface area contributed by atoms with Crippen LogP contribution in [0.4, 0.5) is 5.95 Å². The number of aliphatic carboxylic acids is 1. The zero-order valence-electron chi connectivity index (χ0n) is 11.1. The second-order valence-corrected chi connectivity index (χ2v) is 5.92. The Kier molecular flexibility index (Phi) is 4.08. The average Bonchev–Trinajstić information content (AvgIpc) is 2.89. The fourth-order valence-electron chi connectivity index (χ4n) is 1.67. The van der Waals surface area contributed by atoms with Gasteiger partial charge in [-0.1, -0.05) is 6.07 Å². The molecule has 0 saturated heterocycles. The summed E-state index contributed by atoms with van der Waals surface area (Å²) in [5, 5.41) is 8.59. The van der Waals surface area contributed by atoms with Crippen LogP contribution in [0, 0.1) is 6.92 Å². The fourth-order valence-corrected chi connectivity index (χ4v) is 2.73. The first-order valence-electron chi connectivity index (χ1n) is 5.92. The maximum Gasteiger partial charge on any atom is 0.328 e. The van der Waals surface area contributed by atoms with Crippen LogP contribution in [0.1, 0.15) is 11.1 Å². The van der Waals surface area contributed by atoms with E-state index in [1.54, 1.807) is 13.0 Å². The molecular weight excluding hydrogens is 294 g/mol. The number of aromatic nitrogens is 2. The van der Waals surface area contributed by atoms with Crippen LogP contribution in [0.2, 0.25) is 0 Å². The van der Waals surface area contributed by atoms with E-state index in [-0.39, 0.29) is 10.8 Å². The van der Waals surface area contributed by atoms with Gasteiger partial charge in [-0.15, -0.1) is 0 Å². The van der Waals surface area contributed by atoms with Crippen LogP contribution in [0.15, 0.2) is 41.6 Å². The second kappa shape index (κ2) is 5.80. The summed E-state index contributed by atoms with van der Waals surface area (Å²) in [6, 6.07) is 4.41. The first-order chi connectivity index (χ1) is 9.88. The molecule has 0 radical (unpaired) electrons. The first-order valence-corrected chi connectivity index (χ1v) is 7.41. The zero-order chi connectivity index (χ0) is 15.5. The van der Waals surface area contributed by atoms with Crippen molar-refractivity contribution in [1.82, 2.24) is 9.97 Å². The molecule has 1 aromatic heterocycles. The predicted octanol–water partition coefficient (Wildman–Crippen LogP) is 1.62. The van der Waals surface area contributed by atoms with E-state index in [0.717, 1.165) is 6.08 Å². The molecule has 2 rings (SSSR count). The van der Waals surface area contributed by atoms with Crippen LogP contribution in [0.25, 0.3) is 6.08 Å². The molecule has 0 fully saturated rings. The highest BCUT2D eigenvalue weighted by Crippen LogP contribution is 2.18. The summed E-state index contributed by atoms with van der Waals surface area (Å²) in [4.78, 5) is 17.0. The molecule has 0 spiro atoms. The van der Waals surface area contributed by atoms with Gasteiger partial charge in [0.15, 0.2) is 0 Å². The third-order valence-corrected chi connectivity index (χ3v) is 4.02. The molecule has 7 nitrogen and oxygen atoms in total. The van der Waals surface area contributed by atoms with Gasteiger partial charge in [0.1, 0.15) is 0 Å². The summed E-state index contributed by atoms with van der Waals surface area (Å²) in [5.41, 5.74) is 1.28. The number of aryl methyl sites for hydroxylation is 1. The Morgan fingerprint density at radius 2 is 2.19 bits per heavy atom. The highest BCUT2D eigenvalue weighted by Gasteiger charge is 2.16. The fraction of sp³-hybridized carbons (Fsp3) is 0.0769. The van der Waals surface area contributed by atoms with Crippen LogP contribution in [0.3, 0.4) is 0 Å². The Hall–Kier alpha value is -2.61. The van der Waals surface area contributed by atoms with Crippen LogP contribution in [-0.4, -0.2) is 29.5 Å². The third-order valence-electron chi connectivity index (χ3n) is 2.69. The average molecular weight is 307 g/mol. The van der Waals surface area contributed by atoms with Crippen LogP contribution >= 0.6 is 0 Å². The lowest BCUT2D eigenvalue weighted by atomic mass is 10.1. The van der Waals surface area contributed by atoms with Crippen molar-refractivity contribution in [2.24, 2.45) is 0 Å². The molecule has 21 heavy (non-hydrogen) atoms. The second-order valence-electron chi connectivity index (χ2n) is 4.23. The molecule has 0 unspecified atom stereocenters. The number of hydrogen-bond acceptors (Lipinski definition) is 4. The number of sulfonamides is 1. The molecule has 2 aromatic rings. The molecule has 0 atom stereocenters. The van der Waals surface area contributed by atoms with Gasteiger partial charge < -0.3 is 10.1 Å². The molecule has 0 aliphatic rings. The lowest BCUT2D eigenvalue weighted by molar-refractivity contribution is -0.131. The normalized spacial score (nSPS) is 11.7. The summed E-state index contributed by atoms with van der Waals surface area (Å²) in [5.74, 6) is -0.937. The number of anilines is 1. The Labute approximate surface area is 121 Å². The summed E-state index contributed by atoms with van der Waals surface area (Å²) in [7, 11) is -3.74. The number of nitrogens with zero attached hydrogens (tertiary/aromatic N) is 1. The minimum Gasteiger partial charge on any atom is -0.478 e. The molecule has 1 heterocycles. The molecule has 110 valence electrons. The molecule has 0 aliphatic heterocycles. The SMILES string of the molecule is Cc1cc(S(=O)(=O)Nc2ncc[nH]2)ccc1C=CC(=O)O. The maximum absolute atomic E-state index is 12.1. The molecule has 1 aromatic carbocycles. The van der Waals surface area contributed by atoms with E-state index in [1.807, 2.05) is 0 Å². The van der Waals surface area contributed by atoms with E-state index in [0.29, 0.717) is 11.1 Å². The quantitative estimate of drug-likeness (QED) is 0.727. The Morgan fingerprint density at radius 1 is 1.43 bits per heavy atom. The first kappa shape index (κ1) is 14.8. The van der Waals surface area contributed by atoms with E-state index in [9.17, 15) is 13.2 Å². The number of nitrogens with one attached hydrogen (secondary N) is 2. The van der Waals surface area contributed by atoms with E-state index >= 15 is 0 Å². The Morgan fingerprint density at radius 3 is 2.76 bits per heavy atom. The Balaban J connectivity index is 2.29. The van der Waals surface area contributed by atoms with Crippen LogP contribution < -0.4 is 4.72 Å². The molecule has 0 saturated carbocycles. The number of H-pyrrole nitrogens is 1. The number of carboxylic acids is 1.